The van der Waals surface area contributed by atoms with Crippen LogP contribution < -0.4 is 14.4 Å². The first-order valence-electron chi connectivity index (χ1n) is 12.5. The molecule has 0 spiro atoms. The molecule has 1 amide bonds. The minimum absolute atomic E-state index is 0.0184. The summed E-state index contributed by atoms with van der Waals surface area (Å²) in [5.74, 6) is -0.412. The number of hydrogen-bond acceptors (Lipinski definition) is 7. The Morgan fingerprint density at radius 1 is 0.974 bits per heavy atom. The highest BCUT2D eigenvalue weighted by Crippen LogP contribution is 2.45. The number of aryl methyl sites for hydroxylation is 1. The molecule has 0 aliphatic carbocycles. The molecule has 200 valence electrons. The van der Waals surface area contributed by atoms with Crippen LogP contribution in [0.4, 0.5) is 5.13 Å². The van der Waals surface area contributed by atoms with Crippen molar-refractivity contribution in [3.63, 3.8) is 0 Å². The number of rotatable bonds is 5. The molecule has 7 nitrogen and oxygen atoms in total. The van der Waals surface area contributed by atoms with Crippen molar-refractivity contribution in [1.29, 1.82) is 0 Å². The smallest absolute Gasteiger partial charge is 0.301 e. The third kappa shape index (κ3) is 4.65. The molecule has 3 aromatic carbocycles. The van der Waals surface area contributed by atoms with Gasteiger partial charge in [0.2, 0.25) is 0 Å². The number of nitrogens with zero attached hydrogens (tertiary/aromatic N) is 2. The van der Waals surface area contributed by atoms with Crippen molar-refractivity contribution in [3.05, 3.63) is 88.5 Å². The maximum atomic E-state index is 13.6. The number of aromatic nitrogens is 1. The number of Topliss-reactive ketones (excluding diaryl/α,β-unsaturated/α-hetero) is 1. The summed E-state index contributed by atoms with van der Waals surface area (Å²) in [6, 6.07) is 17.6. The number of aliphatic hydroxyl groups excluding tert-OH is 1. The molecule has 1 saturated heterocycles. The highest BCUT2D eigenvalue weighted by atomic mass is 32.1. The van der Waals surface area contributed by atoms with Crippen LogP contribution in [0.5, 0.6) is 11.5 Å². The van der Waals surface area contributed by atoms with Gasteiger partial charge in [0.05, 0.1) is 36.1 Å². The van der Waals surface area contributed by atoms with Gasteiger partial charge in [-0.1, -0.05) is 56.4 Å². The lowest BCUT2D eigenvalue weighted by Gasteiger charge is -2.24. The maximum absolute atomic E-state index is 13.6. The Morgan fingerprint density at radius 3 is 2.31 bits per heavy atom. The summed E-state index contributed by atoms with van der Waals surface area (Å²) in [7, 11) is 3.16. The highest BCUT2D eigenvalue weighted by Gasteiger charge is 2.48. The second-order valence-electron chi connectivity index (χ2n) is 10.6. The summed E-state index contributed by atoms with van der Waals surface area (Å²) in [6.07, 6.45) is 0. The average Bonchev–Trinajstić information content (AvgIpc) is 3.45. The zero-order valence-corrected chi connectivity index (χ0v) is 23.6. The van der Waals surface area contributed by atoms with E-state index in [1.54, 1.807) is 38.5 Å². The van der Waals surface area contributed by atoms with Crippen molar-refractivity contribution in [1.82, 2.24) is 4.98 Å². The molecule has 4 aromatic rings. The first-order chi connectivity index (χ1) is 18.5. The zero-order valence-electron chi connectivity index (χ0n) is 22.7. The molecule has 1 fully saturated rings. The number of carbonyl (C=O) groups is 2. The number of methoxy groups -OCH3 is 2. The Labute approximate surface area is 231 Å². The molecule has 2 heterocycles. The van der Waals surface area contributed by atoms with Crippen LogP contribution in [0.1, 0.15) is 49.1 Å². The van der Waals surface area contributed by atoms with Gasteiger partial charge in [0.1, 0.15) is 17.3 Å². The molecular weight excluding hydrogens is 512 g/mol. The van der Waals surface area contributed by atoms with E-state index < -0.39 is 17.7 Å². The molecule has 39 heavy (non-hydrogen) atoms. The molecule has 8 heteroatoms. The van der Waals surface area contributed by atoms with E-state index in [0.29, 0.717) is 33.3 Å². The average molecular weight is 543 g/mol. The van der Waals surface area contributed by atoms with E-state index in [0.717, 1.165) is 15.8 Å². The Kier molecular flexibility index (Phi) is 6.68. The van der Waals surface area contributed by atoms with Crippen LogP contribution in [-0.2, 0) is 15.0 Å². The van der Waals surface area contributed by atoms with E-state index >= 15 is 0 Å². The van der Waals surface area contributed by atoms with Gasteiger partial charge >= 0.3 is 5.91 Å². The number of fused-ring (bicyclic) bond motifs is 1. The number of hydrogen-bond donors (Lipinski definition) is 1. The Hall–Kier alpha value is -4.17. The predicted octanol–water partition coefficient (Wildman–Crippen LogP) is 6.55. The van der Waals surface area contributed by atoms with E-state index in [4.69, 9.17) is 9.47 Å². The van der Waals surface area contributed by atoms with E-state index in [-0.39, 0.29) is 16.7 Å². The van der Waals surface area contributed by atoms with E-state index in [1.165, 1.54) is 16.2 Å². The van der Waals surface area contributed by atoms with Crippen LogP contribution in [0.25, 0.3) is 16.0 Å². The summed E-state index contributed by atoms with van der Waals surface area (Å²) in [5.41, 5.74) is 3.66. The second-order valence-corrected chi connectivity index (χ2v) is 11.6. The fraction of sp³-hybridized carbons (Fsp3) is 0.258. The van der Waals surface area contributed by atoms with Gasteiger partial charge in [-0.15, -0.1) is 0 Å². The molecule has 1 N–H and O–H groups in total. The van der Waals surface area contributed by atoms with Crippen molar-refractivity contribution < 1.29 is 24.2 Å². The van der Waals surface area contributed by atoms with Crippen molar-refractivity contribution >= 4 is 44.1 Å². The van der Waals surface area contributed by atoms with Gasteiger partial charge in [0.25, 0.3) is 5.78 Å². The van der Waals surface area contributed by atoms with Gasteiger partial charge in [-0.2, -0.15) is 0 Å². The molecule has 5 rings (SSSR count). The van der Waals surface area contributed by atoms with Crippen molar-refractivity contribution in [2.75, 3.05) is 19.1 Å². The van der Waals surface area contributed by atoms with Crippen LogP contribution in [0, 0.1) is 6.92 Å². The summed E-state index contributed by atoms with van der Waals surface area (Å²) >= 11 is 1.29. The van der Waals surface area contributed by atoms with Crippen LogP contribution in [-0.4, -0.2) is 36.0 Å². The third-order valence-electron chi connectivity index (χ3n) is 7.00. The van der Waals surface area contributed by atoms with Gasteiger partial charge in [-0.05, 0) is 65.4 Å². The molecule has 0 saturated carbocycles. The van der Waals surface area contributed by atoms with Crippen molar-refractivity contribution in [3.8, 4) is 11.5 Å². The molecule has 1 aromatic heterocycles. The number of anilines is 1. The van der Waals surface area contributed by atoms with Gasteiger partial charge < -0.3 is 14.6 Å². The van der Waals surface area contributed by atoms with E-state index in [1.807, 2.05) is 43.3 Å². The number of thiazole rings is 1. The Morgan fingerprint density at radius 2 is 1.69 bits per heavy atom. The van der Waals surface area contributed by atoms with Gasteiger partial charge in [-0.3, -0.25) is 14.5 Å². The summed E-state index contributed by atoms with van der Waals surface area (Å²) in [4.78, 5) is 33.2. The molecule has 0 unspecified atom stereocenters. The molecular formula is C31H30N2O5S. The molecule has 1 aliphatic rings. The lowest BCUT2D eigenvalue weighted by molar-refractivity contribution is -0.132. The minimum Gasteiger partial charge on any atom is -0.507 e. The van der Waals surface area contributed by atoms with Crippen molar-refractivity contribution in [2.45, 2.75) is 39.2 Å². The van der Waals surface area contributed by atoms with E-state index in [9.17, 15) is 14.7 Å². The highest BCUT2D eigenvalue weighted by molar-refractivity contribution is 7.22. The van der Waals surface area contributed by atoms with Crippen molar-refractivity contribution in [2.24, 2.45) is 0 Å². The van der Waals surface area contributed by atoms with Crippen LogP contribution in [0.15, 0.2) is 66.2 Å². The molecule has 1 atom stereocenters. The van der Waals surface area contributed by atoms with E-state index in [2.05, 4.69) is 25.8 Å². The maximum Gasteiger partial charge on any atom is 0.301 e. The number of aliphatic hydroxyl groups is 1. The SMILES string of the molecule is COc1ccc2nc(N3C(=O)C(=O)/C(=C(/O)c4ccc(OC)c(C)c4)[C@@H]3c3ccc(C(C)(C)C)cc3)sc2c1. The number of benzene rings is 3. The largest absolute Gasteiger partial charge is 0.507 e. The minimum atomic E-state index is -0.858. The second kappa shape index (κ2) is 9.85. The van der Waals surface area contributed by atoms with Crippen LogP contribution in [0.3, 0.4) is 0 Å². The first-order valence-corrected chi connectivity index (χ1v) is 13.4. The predicted molar refractivity (Wildman–Crippen MR) is 154 cm³/mol. The summed E-state index contributed by atoms with van der Waals surface area (Å²) in [6.45, 7) is 8.22. The fourth-order valence-electron chi connectivity index (χ4n) is 4.81. The third-order valence-corrected chi connectivity index (χ3v) is 8.01. The standard InChI is InChI=1S/C31H30N2O5S/c1-17-15-19(9-14-23(17)38-6)27(34)25-26(18-7-10-20(11-8-18)31(2,3)4)33(29(36)28(25)35)30-32-22-13-12-21(37-5)16-24(22)39-30/h7-16,26,34H,1-6H3/b27-25+/t26-/m0/s1. The quantitative estimate of drug-likeness (QED) is 0.175. The number of carbonyl (C=O) groups excluding carboxylic acids is 2. The Bertz CT molecular complexity index is 1630. The topological polar surface area (TPSA) is 89.0 Å². The summed E-state index contributed by atoms with van der Waals surface area (Å²) in [5, 5.41) is 11.9. The van der Waals surface area contributed by atoms with Gasteiger partial charge in [0.15, 0.2) is 5.13 Å². The molecule has 0 radical (unpaired) electrons. The van der Waals surface area contributed by atoms with Gasteiger partial charge in [-0.25, -0.2) is 4.98 Å². The normalized spacial score (nSPS) is 17.2. The lowest BCUT2D eigenvalue weighted by Crippen LogP contribution is -2.29. The first kappa shape index (κ1) is 26.4. The fourth-order valence-corrected chi connectivity index (χ4v) is 5.84. The number of ketones is 1. The van der Waals surface area contributed by atoms with Crippen LogP contribution >= 0.6 is 11.3 Å². The van der Waals surface area contributed by atoms with Crippen LogP contribution in [0.2, 0.25) is 0 Å². The molecule has 0 bridgehead atoms. The number of ether oxygens (including phenoxy) is 2. The monoisotopic (exact) mass is 542 g/mol. The zero-order chi connectivity index (χ0) is 28.1. The number of amides is 1. The summed E-state index contributed by atoms with van der Waals surface area (Å²) < 4.78 is 11.5. The molecule has 1 aliphatic heterocycles. The van der Waals surface area contributed by atoms with Gasteiger partial charge in [0, 0.05) is 5.56 Å². The Balaban J connectivity index is 1.71. The lowest BCUT2D eigenvalue weighted by atomic mass is 9.85.